The minimum Gasteiger partial charge on any atom is -0.367 e. The van der Waals surface area contributed by atoms with Crippen molar-refractivity contribution in [2.24, 2.45) is 0 Å². The molecule has 1 aromatic carbocycles. The van der Waals surface area contributed by atoms with E-state index >= 15 is 0 Å². The van der Waals surface area contributed by atoms with Crippen LogP contribution in [0, 0.1) is 0 Å². The summed E-state index contributed by atoms with van der Waals surface area (Å²) in [7, 11) is 3.52. The number of benzene rings is 1. The molecule has 2 rings (SSSR count). The molecule has 4 nitrogen and oxygen atoms in total. The molecule has 1 aliphatic heterocycles. The molecule has 1 N–H and O–H groups in total. The maximum atomic E-state index is 12.6. The first-order valence-electron chi connectivity index (χ1n) is 6.80. The molecule has 104 valence electrons. The lowest BCUT2D eigenvalue weighted by Gasteiger charge is -2.28. The summed E-state index contributed by atoms with van der Waals surface area (Å²) >= 11 is 0. The van der Waals surface area contributed by atoms with E-state index in [0.717, 1.165) is 31.5 Å². The third-order valence-electron chi connectivity index (χ3n) is 3.66. The largest absolute Gasteiger partial charge is 0.367 e. The summed E-state index contributed by atoms with van der Waals surface area (Å²) in [6.07, 6.45) is 1.65. The molecule has 1 fully saturated rings. The fraction of sp³-hybridized carbons (Fsp3) is 0.533. The highest BCUT2D eigenvalue weighted by molar-refractivity contribution is 5.83. The van der Waals surface area contributed by atoms with Crippen molar-refractivity contribution in [3.8, 4) is 0 Å². The Morgan fingerprint density at radius 1 is 1.47 bits per heavy atom. The highest BCUT2D eigenvalue weighted by Crippen LogP contribution is 2.25. The van der Waals surface area contributed by atoms with Crippen molar-refractivity contribution in [2.75, 3.05) is 27.2 Å². The Hall–Kier alpha value is -1.39. The summed E-state index contributed by atoms with van der Waals surface area (Å²) in [5.41, 5.74) is 0.921. The molecule has 0 spiro atoms. The number of methoxy groups -OCH3 is 1. The van der Waals surface area contributed by atoms with Crippen molar-refractivity contribution < 1.29 is 9.53 Å². The molecule has 19 heavy (non-hydrogen) atoms. The van der Waals surface area contributed by atoms with Crippen LogP contribution in [-0.2, 0) is 9.53 Å². The second-order valence-corrected chi connectivity index (χ2v) is 4.91. The lowest BCUT2D eigenvalue weighted by molar-refractivity contribution is -0.143. The first kappa shape index (κ1) is 14.0. The summed E-state index contributed by atoms with van der Waals surface area (Å²) in [5, 5.41) is 3.16. The van der Waals surface area contributed by atoms with E-state index in [9.17, 15) is 4.79 Å². The third kappa shape index (κ3) is 3.14. The Morgan fingerprint density at radius 3 is 2.84 bits per heavy atom. The van der Waals surface area contributed by atoms with E-state index < -0.39 is 6.10 Å². The molecule has 1 heterocycles. The van der Waals surface area contributed by atoms with E-state index in [2.05, 4.69) is 5.32 Å². The molecule has 1 aromatic rings. The van der Waals surface area contributed by atoms with Crippen molar-refractivity contribution in [1.82, 2.24) is 10.2 Å². The highest BCUT2D eigenvalue weighted by atomic mass is 16.5. The molecular formula is C15H22N2O2. The number of amides is 1. The van der Waals surface area contributed by atoms with Crippen LogP contribution in [-0.4, -0.2) is 44.1 Å². The van der Waals surface area contributed by atoms with Crippen molar-refractivity contribution in [3.05, 3.63) is 35.9 Å². The van der Waals surface area contributed by atoms with Crippen LogP contribution in [0.2, 0.25) is 0 Å². The van der Waals surface area contributed by atoms with Crippen LogP contribution >= 0.6 is 0 Å². The van der Waals surface area contributed by atoms with Gasteiger partial charge in [0.15, 0.2) is 6.10 Å². The number of likely N-dealkylation sites (N-methyl/N-ethyl adjacent to an activating group) is 1. The lowest BCUT2D eigenvalue weighted by Crippen LogP contribution is -2.43. The van der Waals surface area contributed by atoms with Gasteiger partial charge in [-0.3, -0.25) is 4.79 Å². The van der Waals surface area contributed by atoms with Gasteiger partial charge in [0.25, 0.3) is 5.91 Å². The topological polar surface area (TPSA) is 41.6 Å². The maximum absolute atomic E-state index is 12.6. The first-order valence-corrected chi connectivity index (χ1v) is 6.80. The molecule has 0 aliphatic carbocycles. The zero-order valence-corrected chi connectivity index (χ0v) is 11.6. The van der Waals surface area contributed by atoms with Crippen LogP contribution in [0.1, 0.15) is 24.5 Å². The van der Waals surface area contributed by atoms with Crippen LogP contribution in [0.15, 0.2) is 30.3 Å². The summed E-state index contributed by atoms with van der Waals surface area (Å²) in [6.45, 7) is 1.68. The van der Waals surface area contributed by atoms with Gasteiger partial charge in [-0.1, -0.05) is 30.3 Å². The number of likely N-dealkylation sites (tertiary alicyclic amines) is 1. The molecule has 4 heteroatoms. The van der Waals surface area contributed by atoms with Crippen molar-refractivity contribution in [2.45, 2.75) is 25.0 Å². The van der Waals surface area contributed by atoms with Crippen LogP contribution in [0.25, 0.3) is 0 Å². The van der Waals surface area contributed by atoms with Gasteiger partial charge >= 0.3 is 0 Å². The number of carbonyl (C=O) groups excluding carboxylic acids is 1. The van der Waals surface area contributed by atoms with E-state index in [0.29, 0.717) is 6.04 Å². The molecule has 1 amide bonds. The molecule has 0 saturated carbocycles. The van der Waals surface area contributed by atoms with Crippen LogP contribution < -0.4 is 5.32 Å². The van der Waals surface area contributed by atoms with Gasteiger partial charge in [-0.15, -0.1) is 0 Å². The molecule has 2 unspecified atom stereocenters. The van der Waals surface area contributed by atoms with Crippen molar-refractivity contribution in [3.63, 3.8) is 0 Å². The normalized spacial score (nSPS) is 20.5. The maximum Gasteiger partial charge on any atom is 0.256 e. The Morgan fingerprint density at radius 2 is 2.21 bits per heavy atom. The minimum atomic E-state index is -0.487. The van der Waals surface area contributed by atoms with Gasteiger partial charge in [0.1, 0.15) is 0 Å². The number of nitrogens with one attached hydrogen (secondary N) is 1. The highest BCUT2D eigenvalue weighted by Gasteiger charge is 2.33. The second-order valence-electron chi connectivity index (χ2n) is 4.91. The van der Waals surface area contributed by atoms with E-state index in [1.54, 1.807) is 7.11 Å². The predicted octanol–water partition coefficient (Wildman–Crippen LogP) is 1.58. The Kier molecular flexibility index (Phi) is 4.93. The number of hydrogen-bond donors (Lipinski definition) is 1. The summed E-state index contributed by atoms with van der Waals surface area (Å²) in [6, 6.07) is 9.98. The SMILES string of the molecule is CNCC1CCCN1C(=O)C(OC)c1ccccc1. The summed E-state index contributed by atoms with van der Waals surface area (Å²) < 4.78 is 5.43. The monoisotopic (exact) mass is 262 g/mol. The van der Waals surface area contributed by atoms with Gasteiger partial charge in [0, 0.05) is 26.2 Å². The van der Waals surface area contributed by atoms with Gasteiger partial charge in [-0.2, -0.15) is 0 Å². The average Bonchev–Trinajstić information content (AvgIpc) is 2.89. The van der Waals surface area contributed by atoms with Crippen LogP contribution in [0.5, 0.6) is 0 Å². The summed E-state index contributed by atoms with van der Waals surface area (Å²) in [4.78, 5) is 14.6. The number of rotatable bonds is 5. The second kappa shape index (κ2) is 6.68. The average molecular weight is 262 g/mol. The fourth-order valence-corrected chi connectivity index (χ4v) is 2.73. The smallest absolute Gasteiger partial charge is 0.256 e. The minimum absolute atomic E-state index is 0.0754. The van der Waals surface area contributed by atoms with Gasteiger partial charge in [0.2, 0.25) is 0 Å². The zero-order valence-electron chi connectivity index (χ0n) is 11.6. The summed E-state index contributed by atoms with van der Waals surface area (Å²) in [5.74, 6) is 0.0754. The van der Waals surface area contributed by atoms with Gasteiger partial charge in [-0.05, 0) is 25.5 Å². The molecule has 1 aliphatic rings. The molecule has 0 radical (unpaired) electrons. The third-order valence-corrected chi connectivity index (χ3v) is 3.66. The molecule has 0 aromatic heterocycles. The first-order chi connectivity index (χ1) is 9.27. The molecule has 2 atom stereocenters. The standard InChI is InChI=1S/C15H22N2O2/c1-16-11-13-9-6-10-17(13)15(18)14(19-2)12-7-4-3-5-8-12/h3-5,7-8,13-14,16H,6,9-11H2,1-2H3. The number of carbonyl (C=O) groups is 1. The molecule has 0 bridgehead atoms. The van der Waals surface area contributed by atoms with Gasteiger partial charge in [-0.25, -0.2) is 0 Å². The van der Waals surface area contributed by atoms with Crippen molar-refractivity contribution >= 4 is 5.91 Å². The number of nitrogens with zero attached hydrogens (tertiary/aromatic N) is 1. The zero-order chi connectivity index (χ0) is 13.7. The Labute approximate surface area is 114 Å². The quantitative estimate of drug-likeness (QED) is 0.876. The molecule has 1 saturated heterocycles. The van der Waals surface area contributed by atoms with E-state index in [1.807, 2.05) is 42.3 Å². The Bertz CT molecular complexity index is 408. The van der Waals surface area contributed by atoms with E-state index in [-0.39, 0.29) is 5.91 Å². The van der Waals surface area contributed by atoms with Gasteiger partial charge < -0.3 is 15.0 Å². The van der Waals surface area contributed by atoms with Crippen molar-refractivity contribution in [1.29, 1.82) is 0 Å². The fourth-order valence-electron chi connectivity index (χ4n) is 2.73. The van der Waals surface area contributed by atoms with Crippen LogP contribution in [0.3, 0.4) is 0 Å². The Balaban J connectivity index is 2.12. The number of ether oxygens (including phenoxy) is 1. The van der Waals surface area contributed by atoms with E-state index in [1.165, 1.54) is 0 Å². The number of hydrogen-bond acceptors (Lipinski definition) is 3. The van der Waals surface area contributed by atoms with Gasteiger partial charge in [0.05, 0.1) is 0 Å². The predicted molar refractivity (Wildman–Crippen MR) is 74.9 cm³/mol. The lowest BCUT2D eigenvalue weighted by atomic mass is 10.1. The van der Waals surface area contributed by atoms with E-state index in [4.69, 9.17) is 4.74 Å². The molecular weight excluding hydrogens is 240 g/mol. The van der Waals surface area contributed by atoms with Crippen LogP contribution in [0.4, 0.5) is 0 Å².